The molecule has 0 radical (unpaired) electrons. The molecule has 0 aliphatic carbocycles. The molecule has 0 bridgehead atoms. The van der Waals surface area contributed by atoms with Gasteiger partial charge in [-0.2, -0.15) is 0 Å². The van der Waals surface area contributed by atoms with Gasteiger partial charge < -0.3 is 9.80 Å². The van der Waals surface area contributed by atoms with Crippen molar-refractivity contribution in [2.45, 2.75) is 27.7 Å². The lowest BCUT2D eigenvalue weighted by atomic mass is 10.0. The first kappa shape index (κ1) is 18.5. The fourth-order valence-electron chi connectivity index (χ4n) is 3.00. The van der Waals surface area contributed by atoms with Crippen LogP contribution in [0.1, 0.15) is 35.3 Å². The summed E-state index contributed by atoms with van der Waals surface area (Å²) in [6.45, 7) is 12.9. The zero-order valence-electron chi connectivity index (χ0n) is 15.3. The smallest absolute Gasteiger partial charge is 0.320 e. The van der Waals surface area contributed by atoms with E-state index in [9.17, 15) is 9.59 Å². The second kappa shape index (κ2) is 8.29. The molecule has 0 unspecified atom stereocenters. The Morgan fingerprint density at radius 3 is 2.17 bits per heavy atom. The molecule has 0 N–H and O–H groups in total. The van der Waals surface area contributed by atoms with Crippen LogP contribution in [-0.2, 0) is 0 Å². The highest BCUT2D eigenvalue weighted by atomic mass is 16.2. The molecule has 1 aliphatic rings. The number of rotatable bonds is 5. The molecular weight excluding hydrogens is 302 g/mol. The van der Waals surface area contributed by atoms with E-state index in [4.69, 9.17) is 0 Å². The Labute approximate surface area is 145 Å². The summed E-state index contributed by atoms with van der Waals surface area (Å²) in [6, 6.07) is 5.99. The van der Waals surface area contributed by atoms with E-state index in [1.165, 1.54) is 5.56 Å². The van der Waals surface area contributed by atoms with Gasteiger partial charge in [0.25, 0.3) is 0 Å². The summed E-state index contributed by atoms with van der Waals surface area (Å²) in [5.41, 5.74) is 3.13. The molecule has 132 valence electrons. The summed E-state index contributed by atoms with van der Waals surface area (Å²) in [5, 5.41) is 0. The van der Waals surface area contributed by atoms with Gasteiger partial charge in [-0.25, -0.2) is 4.79 Å². The highest BCUT2D eigenvalue weighted by Crippen LogP contribution is 2.12. The van der Waals surface area contributed by atoms with Crippen LogP contribution >= 0.6 is 0 Å². The fraction of sp³-hybridized carbons (Fsp3) is 0.579. The second-order valence-electron chi connectivity index (χ2n) is 6.44. The number of carbonyl (C=O) groups is 2. The first-order valence-electron chi connectivity index (χ1n) is 8.82. The summed E-state index contributed by atoms with van der Waals surface area (Å²) < 4.78 is 0. The molecule has 2 rings (SSSR count). The fourth-order valence-corrected chi connectivity index (χ4v) is 3.00. The average molecular weight is 331 g/mol. The van der Waals surface area contributed by atoms with Crippen molar-refractivity contribution in [2.75, 3.05) is 45.8 Å². The normalized spacial score (nSPS) is 15.4. The standard InChI is InChI=1S/C19H29N3O2/c1-5-21(6-2)19(24)22-11-9-20(10-12-22)14-18(23)17-8-7-15(3)16(4)13-17/h7-8,13H,5-6,9-12,14H2,1-4H3. The lowest BCUT2D eigenvalue weighted by Crippen LogP contribution is -2.53. The van der Waals surface area contributed by atoms with Crippen LogP contribution in [0.15, 0.2) is 18.2 Å². The molecule has 1 aromatic carbocycles. The van der Waals surface area contributed by atoms with Crippen molar-refractivity contribution in [3.63, 3.8) is 0 Å². The lowest BCUT2D eigenvalue weighted by molar-refractivity contribution is 0.0853. The number of hydrogen-bond donors (Lipinski definition) is 0. The number of nitrogens with zero attached hydrogens (tertiary/aromatic N) is 3. The third-order valence-corrected chi connectivity index (χ3v) is 4.87. The number of piperazine rings is 1. The van der Waals surface area contributed by atoms with Crippen LogP contribution < -0.4 is 0 Å². The van der Waals surface area contributed by atoms with Crippen LogP contribution in [0.25, 0.3) is 0 Å². The number of carbonyl (C=O) groups excluding carboxylic acids is 2. The van der Waals surface area contributed by atoms with E-state index in [2.05, 4.69) is 11.8 Å². The molecule has 0 saturated carbocycles. The molecule has 1 aromatic rings. The van der Waals surface area contributed by atoms with Crippen molar-refractivity contribution >= 4 is 11.8 Å². The first-order valence-corrected chi connectivity index (χ1v) is 8.82. The molecule has 0 atom stereocenters. The van der Waals surface area contributed by atoms with Gasteiger partial charge >= 0.3 is 6.03 Å². The van der Waals surface area contributed by atoms with Crippen molar-refractivity contribution in [3.8, 4) is 0 Å². The van der Waals surface area contributed by atoms with Crippen molar-refractivity contribution in [2.24, 2.45) is 0 Å². The van der Waals surface area contributed by atoms with E-state index in [0.717, 1.165) is 37.3 Å². The van der Waals surface area contributed by atoms with Crippen molar-refractivity contribution in [1.29, 1.82) is 0 Å². The van der Waals surface area contributed by atoms with Gasteiger partial charge in [0.1, 0.15) is 0 Å². The largest absolute Gasteiger partial charge is 0.325 e. The SMILES string of the molecule is CCN(CC)C(=O)N1CCN(CC(=O)c2ccc(C)c(C)c2)CC1. The predicted molar refractivity (Wildman–Crippen MR) is 96.6 cm³/mol. The molecule has 1 saturated heterocycles. The van der Waals surface area contributed by atoms with Gasteiger partial charge in [-0.1, -0.05) is 12.1 Å². The Bertz CT molecular complexity index is 588. The van der Waals surface area contributed by atoms with Crippen molar-refractivity contribution in [3.05, 3.63) is 34.9 Å². The van der Waals surface area contributed by atoms with Gasteiger partial charge in [-0.3, -0.25) is 9.69 Å². The number of hydrogen-bond acceptors (Lipinski definition) is 3. The van der Waals surface area contributed by atoms with Crippen LogP contribution in [0.3, 0.4) is 0 Å². The molecule has 2 amide bonds. The molecule has 1 aliphatic heterocycles. The quantitative estimate of drug-likeness (QED) is 0.779. The number of benzene rings is 1. The van der Waals surface area contributed by atoms with Gasteiger partial charge in [0, 0.05) is 44.8 Å². The number of amides is 2. The van der Waals surface area contributed by atoms with E-state index < -0.39 is 0 Å². The Balaban J connectivity index is 1.87. The Hall–Kier alpha value is -1.88. The van der Waals surface area contributed by atoms with Gasteiger partial charge in [-0.05, 0) is 44.9 Å². The zero-order valence-corrected chi connectivity index (χ0v) is 15.3. The summed E-state index contributed by atoms with van der Waals surface area (Å²) in [6.07, 6.45) is 0. The van der Waals surface area contributed by atoms with E-state index in [-0.39, 0.29) is 11.8 Å². The second-order valence-corrected chi connectivity index (χ2v) is 6.44. The maximum Gasteiger partial charge on any atom is 0.320 e. The van der Waals surface area contributed by atoms with E-state index in [1.807, 2.05) is 48.8 Å². The molecule has 5 nitrogen and oxygen atoms in total. The Kier molecular flexibility index (Phi) is 6.37. The highest BCUT2D eigenvalue weighted by molar-refractivity contribution is 5.97. The van der Waals surface area contributed by atoms with Gasteiger partial charge in [-0.15, -0.1) is 0 Å². The number of aryl methyl sites for hydroxylation is 2. The zero-order chi connectivity index (χ0) is 17.7. The molecule has 1 fully saturated rings. The summed E-state index contributed by atoms with van der Waals surface area (Å²) in [4.78, 5) is 30.7. The Morgan fingerprint density at radius 1 is 1.00 bits per heavy atom. The molecular formula is C19H29N3O2. The molecule has 1 heterocycles. The van der Waals surface area contributed by atoms with Crippen molar-refractivity contribution < 1.29 is 9.59 Å². The monoisotopic (exact) mass is 331 g/mol. The molecule has 5 heteroatoms. The van der Waals surface area contributed by atoms with Crippen LogP contribution in [0, 0.1) is 13.8 Å². The van der Waals surface area contributed by atoms with Gasteiger partial charge in [0.05, 0.1) is 6.54 Å². The van der Waals surface area contributed by atoms with Gasteiger partial charge in [0.15, 0.2) is 5.78 Å². The minimum Gasteiger partial charge on any atom is -0.325 e. The Morgan fingerprint density at radius 2 is 1.62 bits per heavy atom. The summed E-state index contributed by atoms with van der Waals surface area (Å²) in [5.74, 6) is 0.154. The van der Waals surface area contributed by atoms with Crippen LogP contribution in [-0.4, -0.2) is 72.3 Å². The molecule has 24 heavy (non-hydrogen) atoms. The third-order valence-electron chi connectivity index (χ3n) is 4.87. The van der Waals surface area contributed by atoms with Crippen LogP contribution in [0.4, 0.5) is 4.79 Å². The molecule has 0 aromatic heterocycles. The lowest BCUT2D eigenvalue weighted by Gasteiger charge is -2.36. The van der Waals surface area contributed by atoms with Crippen molar-refractivity contribution in [1.82, 2.24) is 14.7 Å². The van der Waals surface area contributed by atoms with E-state index in [1.54, 1.807) is 0 Å². The highest BCUT2D eigenvalue weighted by Gasteiger charge is 2.25. The number of urea groups is 1. The summed E-state index contributed by atoms with van der Waals surface area (Å²) >= 11 is 0. The first-order chi connectivity index (χ1) is 11.5. The minimum absolute atomic E-state index is 0.111. The van der Waals surface area contributed by atoms with Crippen LogP contribution in [0.5, 0.6) is 0 Å². The predicted octanol–water partition coefficient (Wildman–Crippen LogP) is 2.57. The number of ketones is 1. The van der Waals surface area contributed by atoms with E-state index >= 15 is 0 Å². The molecule has 0 spiro atoms. The van der Waals surface area contributed by atoms with Gasteiger partial charge in [0.2, 0.25) is 0 Å². The third kappa shape index (κ3) is 4.35. The summed E-state index contributed by atoms with van der Waals surface area (Å²) in [7, 11) is 0. The maximum absolute atomic E-state index is 12.5. The average Bonchev–Trinajstić information content (AvgIpc) is 2.59. The van der Waals surface area contributed by atoms with Crippen LogP contribution in [0.2, 0.25) is 0 Å². The number of Topliss-reactive ketones (excluding diaryl/α,β-unsaturated/α-hetero) is 1. The van der Waals surface area contributed by atoms with E-state index in [0.29, 0.717) is 19.6 Å². The minimum atomic E-state index is 0.111. The maximum atomic E-state index is 12.5. The topological polar surface area (TPSA) is 43.9 Å².